The predicted octanol–water partition coefficient (Wildman–Crippen LogP) is 1.34. The van der Waals surface area contributed by atoms with Crippen molar-refractivity contribution in [2.24, 2.45) is 11.8 Å². The molecule has 0 aromatic rings. The number of nitrogens with zero attached hydrogens (tertiary/aromatic N) is 1. The van der Waals surface area contributed by atoms with Gasteiger partial charge in [-0.05, 0) is 51.4 Å². The minimum absolute atomic E-state index is 0.0278. The zero-order chi connectivity index (χ0) is 10.6. The molecule has 2 unspecified atom stereocenters. The molecule has 1 aliphatic heterocycles. The highest BCUT2D eigenvalue weighted by Crippen LogP contribution is 2.48. The molecule has 2 atom stereocenters. The maximum Gasteiger partial charge on any atom is 0.240 e. The summed E-state index contributed by atoms with van der Waals surface area (Å²) in [6, 6.07) is 0.588. The Labute approximate surface area is 91.2 Å². The van der Waals surface area contributed by atoms with Crippen LogP contribution in [0, 0.1) is 11.8 Å². The first-order valence-electron chi connectivity index (χ1n) is 6.26. The zero-order valence-electron chi connectivity index (χ0n) is 9.57. The van der Waals surface area contributed by atoms with Gasteiger partial charge in [0.05, 0.1) is 12.2 Å². The van der Waals surface area contributed by atoms with E-state index in [1.54, 1.807) is 0 Å². The van der Waals surface area contributed by atoms with E-state index >= 15 is 0 Å². The topological polar surface area (TPSA) is 32.3 Å². The molecule has 0 aromatic carbocycles. The first kappa shape index (κ1) is 9.64. The van der Waals surface area contributed by atoms with Crippen molar-refractivity contribution in [3.63, 3.8) is 0 Å². The van der Waals surface area contributed by atoms with Crippen LogP contribution in [-0.4, -0.2) is 29.1 Å². The number of nitrogens with one attached hydrogen (secondary N) is 1. The summed E-state index contributed by atoms with van der Waals surface area (Å²) in [5, 5.41) is 3.34. The minimum atomic E-state index is 0.0278. The Bertz CT molecular complexity index is 271. The van der Waals surface area contributed by atoms with Crippen molar-refractivity contribution < 1.29 is 4.79 Å². The van der Waals surface area contributed by atoms with Gasteiger partial charge in [-0.3, -0.25) is 10.1 Å². The summed E-state index contributed by atoms with van der Waals surface area (Å²) in [6.45, 7) is 4.11. The molecular weight excluding hydrogens is 188 g/mol. The second-order valence-corrected chi connectivity index (χ2v) is 5.48. The monoisotopic (exact) mass is 208 g/mol. The van der Waals surface area contributed by atoms with Crippen LogP contribution in [0.1, 0.15) is 39.5 Å². The average Bonchev–Trinajstić information content (AvgIpc) is 3.03. The molecule has 3 nitrogen and oxygen atoms in total. The lowest BCUT2D eigenvalue weighted by Gasteiger charge is -2.31. The number of hydrogen-bond acceptors (Lipinski definition) is 2. The minimum Gasteiger partial charge on any atom is -0.323 e. The van der Waals surface area contributed by atoms with Crippen molar-refractivity contribution in [1.29, 1.82) is 0 Å². The summed E-state index contributed by atoms with van der Waals surface area (Å²) in [5.41, 5.74) is 0. The van der Waals surface area contributed by atoms with Crippen molar-refractivity contribution in [2.75, 3.05) is 0 Å². The molecule has 3 fully saturated rings. The fourth-order valence-electron chi connectivity index (χ4n) is 3.05. The van der Waals surface area contributed by atoms with Gasteiger partial charge >= 0.3 is 0 Å². The number of amides is 1. The van der Waals surface area contributed by atoms with Crippen molar-refractivity contribution in [3.8, 4) is 0 Å². The van der Waals surface area contributed by atoms with Gasteiger partial charge in [0.1, 0.15) is 0 Å². The summed E-state index contributed by atoms with van der Waals surface area (Å²) < 4.78 is 0. The van der Waals surface area contributed by atoms with Crippen LogP contribution in [0.3, 0.4) is 0 Å². The molecule has 84 valence electrons. The van der Waals surface area contributed by atoms with Crippen molar-refractivity contribution in [3.05, 3.63) is 0 Å². The van der Waals surface area contributed by atoms with Gasteiger partial charge in [0, 0.05) is 6.04 Å². The molecule has 1 amide bonds. The smallest absolute Gasteiger partial charge is 0.240 e. The molecule has 2 saturated carbocycles. The Balaban J connectivity index is 1.80. The summed E-state index contributed by atoms with van der Waals surface area (Å²) in [5.74, 6) is 1.96. The van der Waals surface area contributed by atoms with Crippen LogP contribution in [0.4, 0.5) is 0 Å². The standard InChI is InChI=1S/C12H20N2O/c1-7-12(15)14(8(2)13-7)11(9-3-4-9)10-5-6-10/h7-11,13H,3-6H2,1-2H3. The van der Waals surface area contributed by atoms with E-state index in [1.807, 2.05) is 6.92 Å². The Morgan fingerprint density at radius 3 is 2.07 bits per heavy atom. The van der Waals surface area contributed by atoms with Crippen LogP contribution in [0.5, 0.6) is 0 Å². The molecule has 0 spiro atoms. The number of hydrogen-bond donors (Lipinski definition) is 1. The normalized spacial score (nSPS) is 36.7. The summed E-state index contributed by atoms with van der Waals surface area (Å²) in [7, 11) is 0. The summed E-state index contributed by atoms with van der Waals surface area (Å²) in [4.78, 5) is 14.2. The van der Waals surface area contributed by atoms with Gasteiger partial charge in [-0.1, -0.05) is 0 Å². The Kier molecular flexibility index (Phi) is 2.06. The van der Waals surface area contributed by atoms with E-state index in [4.69, 9.17) is 0 Å². The molecule has 0 aromatic heterocycles. The largest absolute Gasteiger partial charge is 0.323 e. The first-order chi connectivity index (χ1) is 7.18. The lowest BCUT2D eigenvalue weighted by molar-refractivity contribution is -0.132. The number of carbonyl (C=O) groups excluding carboxylic acids is 1. The maximum atomic E-state index is 12.1. The molecule has 15 heavy (non-hydrogen) atoms. The van der Waals surface area contributed by atoms with Gasteiger partial charge in [0.15, 0.2) is 0 Å². The van der Waals surface area contributed by atoms with Gasteiger partial charge in [0.25, 0.3) is 0 Å². The summed E-state index contributed by atoms with van der Waals surface area (Å²) in [6.07, 6.45) is 5.61. The van der Waals surface area contributed by atoms with E-state index in [0.717, 1.165) is 11.8 Å². The summed E-state index contributed by atoms with van der Waals surface area (Å²) >= 11 is 0. The Hall–Kier alpha value is -0.570. The van der Waals surface area contributed by atoms with E-state index in [1.165, 1.54) is 25.7 Å². The van der Waals surface area contributed by atoms with Crippen molar-refractivity contribution >= 4 is 5.91 Å². The highest BCUT2D eigenvalue weighted by atomic mass is 16.2. The SMILES string of the molecule is CC1NC(C)N(C(C2CC2)C2CC2)C1=O. The molecular formula is C12H20N2O. The lowest BCUT2D eigenvalue weighted by atomic mass is 10.0. The third-order valence-corrected chi connectivity index (χ3v) is 4.06. The van der Waals surface area contributed by atoms with Gasteiger partial charge in [0.2, 0.25) is 5.91 Å². The van der Waals surface area contributed by atoms with E-state index in [0.29, 0.717) is 11.9 Å². The van der Waals surface area contributed by atoms with E-state index in [-0.39, 0.29) is 12.2 Å². The average molecular weight is 208 g/mol. The van der Waals surface area contributed by atoms with Gasteiger partial charge in [-0.25, -0.2) is 0 Å². The zero-order valence-corrected chi connectivity index (χ0v) is 9.57. The molecule has 1 heterocycles. The Morgan fingerprint density at radius 1 is 1.20 bits per heavy atom. The van der Waals surface area contributed by atoms with E-state index in [9.17, 15) is 4.79 Å². The molecule has 1 N–H and O–H groups in total. The molecule has 0 radical (unpaired) electrons. The van der Waals surface area contributed by atoms with Crippen LogP contribution in [0.15, 0.2) is 0 Å². The second-order valence-electron chi connectivity index (χ2n) is 5.48. The fraction of sp³-hybridized carbons (Fsp3) is 0.917. The maximum absolute atomic E-state index is 12.1. The van der Waals surface area contributed by atoms with Crippen LogP contribution < -0.4 is 5.32 Å². The van der Waals surface area contributed by atoms with Crippen LogP contribution in [-0.2, 0) is 4.79 Å². The van der Waals surface area contributed by atoms with Crippen molar-refractivity contribution in [2.45, 2.75) is 57.8 Å². The second kappa shape index (κ2) is 3.21. The molecule has 3 heteroatoms. The van der Waals surface area contributed by atoms with Gasteiger partial charge in [-0.15, -0.1) is 0 Å². The molecule has 0 bridgehead atoms. The molecule has 3 rings (SSSR count). The third kappa shape index (κ3) is 1.57. The Morgan fingerprint density at radius 2 is 1.73 bits per heavy atom. The first-order valence-corrected chi connectivity index (χ1v) is 6.26. The van der Waals surface area contributed by atoms with E-state index < -0.39 is 0 Å². The predicted molar refractivity (Wildman–Crippen MR) is 58.1 cm³/mol. The number of carbonyl (C=O) groups is 1. The molecule has 1 saturated heterocycles. The quantitative estimate of drug-likeness (QED) is 0.759. The lowest BCUT2D eigenvalue weighted by Crippen LogP contribution is -2.45. The van der Waals surface area contributed by atoms with Crippen LogP contribution in [0.25, 0.3) is 0 Å². The van der Waals surface area contributed by atoms with Crippen molar-refractivity contribution in [1.82, 2.24) is 10.2 Å². The molecule has 3 aliphatic rings. The third-order valence-electron chi connectivity index (χ3n) is 4.06. The van der Waals surface area contributed by atoms with Gasteiger partial charge < -0.3 is 4.90 Å². The highest BCUT2D eigenvalue weighted by molar-refractivity contribution is 5.84. The van der Waals surface area contributed by atoms with E-state index in [2.05, 4.69) is 17.1 Å². The van der Waals surface area contributed by atoms with Crippen LogP contribution in [0.2, 0.25) is 0 Å². The number of rotatable bonds is 3. The fourth-order valence-corrected chi connectivity index (χ4v) is 3.05. The molecule has 2 aliphatic carbocycles. The van der Waals surface area contributed by atoms with Gasteiger partial charge in [-0.2, -0.15) is 0 Å². The van der Waals surface area contributed by atoms with Crippen LogP contribution >= 0.6 is 0 Å². The highest BCUT2D eigenvalue weighted by Gasteiger charge is 2.50.